The van der Waals surface area contributed by atoms with Gasteiger partial charge in [-0.1, -0.05) is 0 Å². The van der Waals surface area contributed by atoms with Crippen molar-refractivity contribution < 1.29 is 4.79 Å². The first-order chi connectivity index (χ1) is 7.84. The lowest BCUT2D eigenvalue weighted by Crippen LogP contribution is -2.40. The van der Waals surface area contributed by atoms with Crippen LogP contribution in [0.4, 0.5) is 0 Å². The van der Waals surface area contributed by atoms with Crippen LogP contribution in [0.3, 0.4) is 0 Å². The zero-order chi connectivity index (χ0) is 11.2. The monoisotopic (exact) mass is 225 g/mol. The average Bonchev–Trinajstić information content (AvgIpc) is 3.10. The van der Waals surface area contributed by atoms with Crippen LogP contribution in [0.1, 0.15) is 38.5 Å². The van der Waals surface area contributed by atoms with Crippen LogP contribution in [-0.2, 0) is 4.79 Å². The molecule has 0 bridgehead atoms. The van der Waals surface area contributed by atoms with Gasteiger partial charge in [0, 0.05) is 18.5 Å². The van der Waals surface area contributed by atoms with Crippen molar-refractivity contribution in [1.29, 1.82) is 0 Å². The summed E-state index contributed by atoms with van der Waals surface area (Å²) in [7, 11) is 0. The van der Waals surface area contributed by atoms with E-state index in [9.17, 15) is 4.79 Å². The van der Waals surface area contributed by atoms with Gasteiger partial charge in [0.15, 0.2) is 0 Å². The lowest BCUT2D eigenvalue weighted by atomic mass is 10.1. The predicted molar refractivity (Wildman–Crippen MR) is 64.3 cm³/mol. The topological polar surface area (TPSA) is 53.2 Å². The molecule has 2 aliphatic rings. The fourth-order valence-corrected chi connectivity index (χ4v) is 2.11. The molecule has 1 saturated carbocycles. The smallest absolute Gasteiger partial charge is 0.220 e. The molecule has 1 aliphatic heterocycles. The van der Waals surface area contributed by atoms with Crippen molar-refractivity contribution in [2.45, 2.75) is 50.6 Å². The zero-order valence-electron chi connectivity index (χ0n) is 9.93. The summed E-state index contributed by atoms with van der Waals surface area (Å²) in [5.41, 5.74) is 0. The minimum Gasteiger partial charge on any atom is -0.353 e. The molecule has 0 aromatic rings. The maximum Gasteiger partial charge on any atom is 0.220 e. The second kappa shape index (κ2) is 6.21. The molecule has 0 spiro atoms. The molecule has 3 N–H and O–H groups in total. The van der Waals surface area contributed by atoms with Gasteiger partial charge in [0.25, 0.3) is 0 Å². The van der Waals surface area contributed by atoms with E-state index in [2.05, 4.69) is 16.0 Å². The van der Waals surface area contributed by atoms with Crippen molar-refractivity contribution in [2.75, 3.05) is 19.6 Å². The zero-order valence-corrected chi connectivity index (χ0v) is 9.93. The first-order valence-electron chi connectivity index (χ1n) is 6.58. The highest BCUT2D eigenvalue weighted by molar-refractivity contribution is 5.76. The number of carbonyl (C=O) groups is 1. The summed E-state index contributed by atoms with van der Waals surface area (Å²) in [6, 6.07) is 1.16. The molecule has 0 aromatic carbocycles. The standard InChI is InChI=1S/C12H23N3O/c16-12(15-11-3-4-11)2-1-7-14-10-5-8-13-9-6-10/h10-11,13-14H,1-9H2,(H,15,16). The first-order valence-corrected chi connectivity index (χ1v) is 6.58. The van der Waals surface area contributed by atoms with Crippen molar-refractivity contribution in [1.82, 2.24) is 16.0 Å². The van der Waals surface area contributed by atoms with Crippen molar-refractivity contribution in [2.24, 2.45) is 0 Å². The number of hydrogen-bond donors (Lipinski definition) is 3. The molecule has 0 atom stereocenters. The van der Waals surface area contributed by atoms with Crippen LogP contribution in [0.15, 0.2) is 0 Å². The number of hydrogen-bond acceptors (Lipinski definition) is 3. The molecular weight excluding hydrogens is 202 g/mol. The lowest BCUT2D eigenvalue weighted by molar-refractivity contribution is -0.121. The van der Waals surface area contributed by atoms with E-state index in [0.717, 1.165) is 26.1 Å². The van der Waals surface area contributed by atoms with Gasteiger partial charge in [-0.2, -0.15) is 0 Å². The highest BCUT2D eigenvalue weighted by atomic mass is 16.1. The largest absolute Gasteiger partial charge is 0.353 e. The van der Waals surface area contributed by atoms with Crippen LogP contribution < -0.4 is 16.0 Å². The second-order valence-corrected chi connectivity index (χ2v) is 4.92. The Morgan fingerprint density at radius 3 is 2.56 bits per heavy atom. The highest BCUT2D eigenvalue weighted by Gasteiger charge is 2.22. The van der Waals surface area contributed by atoms with Crippen molar-refractivity contribution in [3.63, 3.8) is 0 Å². The molecule has 0 aromatic heterocycles. The van der Waals surface area contributed by atoms with E-state index in [1.807, 2.05) is 0 Å². The number of piperidine rings is 1. The molecule has 16 heavy (non-hydrogen) atoms. The van der Waals surface area contributed by atoms with Gasteiger partial charge in [-0.15, -0.1) is 0 Å². The molecule has 4 heteroatoms. The van der Waals surface area contributed by atoms with Gasteiger partial charge < -0.3 is 16.0 Å². The molecule has 2 rings (SSSR count). The summed E-state index contributed by atoms with van der Waals surface area (Å²) >= 11 is 0. The van der Waals surface area contributed by atoms with Gasteiger partial charge in [0.05, 0.1) is 0 Å². The number of amides is 1. The Morgan fingerprint density at radius 2 is 1.88 bits per heavy atom. The Morgan fingerprint density at radius 1 is 1.12 bits per heavy atom. The minimum absolute atomic E-state index is 0.231. The van der Waals surface area contributed by atoms with Gasteiger partial charge in [-0.3, -0.25) is 4.79 Å². The molecular formula is C12H23N3O. The Labute approximate surface area is 97.6 Å². The predicted octanol–water partition coefficient (Wildman–Crippen LogP) is 0.387. The number of carbonyl (C=O) groups excluding carboxylic acids is 1. The molecule has 1 aliphatic carbocycles. The highest BCUT2D eigenvalue weighted by Crippen LogP contribution is 2.18. The fraction of sp³-hybridized carbons (Fsp3) is 0.917. The molecule has 0 radical (unpaired) electrons. The van der Waals surface area contributed by atoms with Gasteiger partial charge in [-0.25, -0.2) is 0 Å². The van der Waals surface area contributed by atoms with Crippen LogP contribution in [0.5, 0.6) is 0 Å². The molecule has 1 saturated heterocycles. The van der Waals surface area contributed by atoms with Crippen LogP contribution in [0.2, 0.25) is 0 Å². The molecule has 0 unspecified atom stereocenters. The van der Waals surface area contributed by atoms with E-state index >= 15 is 0 Å². The van der Waals surface area contributed by atoms with Gasteiger partial charge in [0.2, 0.25) is 5.91 Å². The van der Waals surface area contributed by atoms with E-state index < -0.39 is 0 Å². The summed E-state index contributed by atoms with van der Waals surface area (Å²) in [5.74, 6) is 0.231. The molecule has 1 heterocycles. The van der Waals surface area contributed by atoms with Gasteiger partial charge >= 0.3 is 0 Å². The third-order valence-corrected chi connectivity index (χ3v) is 3.30. The summed E-state index contributed by atoms with van der Waals surface area (Å²) in [6.45, 7) is 3.22. The van der Waals surface area contributed by atoms with E-state index in [1.54, 1.807) is 0 Å². The molecule has 2 fully saturated rings. The van der Waals surface area contributed by atoms with E-state index in [-0.39, 0.29) is 5.91 Å². The maximum atomic E-state index is 11.4. The van der Waals surface area contributed by atoms with Crippen LogP contribution in [-0.4, -0.2) is 37.6 Å². The Balaban J connectivity index is 1.45. The number of nitrogens with one attached hydrogen (secondary N) is 3. The van der Waals surface area contributed by atoms with E-state index in [1.165, 1.54) is 25.7 Å². The quantitative estimate of drug-likeness (QED) is 0.573. The van der Waals surface area contributed by atoms with Crippen molar-refractivity contribution >= 4 is 5.91 Å². The maximum absolute atomic E-state index is 11.4. The minimum atomic E-state index is 0.231. The van der Waals surface area contributed by atoms with Gasteiger partial charge in [0.1, 0.15) is 0 Å². The van der Waals surface area contributed by atoms with Crippen molar-refractivity contribution in [3.05, 3.63) is 0 Å². The average molecular weight is 225 g/mol. The fourth-order valence-electron chi connectivity index (χ4n) is 2.11. The summed E-state index contributed by atoms with van der Waals surface area (Å²) in [5, 5.41) is 9.89. The normalized spacial score (nSPS) is 22.0. The Kier molecular flexibility index (Phi) is 4.60. The molecule has 1 amide bonds. The third kappa shape index (κ3) is 4.49. The SMILES string of the molecule is O=C(CCCNC1CCNCC1)NC1CC1. The van der Waals surface area contributed by atoms with Crippen LogP contribution >= 0.6 is 0 Å². The van der Waals surface area contributed by atoms with Crippen molar-refractivity contribution in [3.8, 4) is 0 Å². The van der Waals surface area contributed by atoms with Crippen LogP contribution in [0.25, 0.3) is 0 Å². The number of rotatable bonds is 6. The first kappa shape index (κ1) is 11.9. The molecule has 4 nitrogen and oxygen atoms in total. The third-order valence-electron chi connectivity index (χ3n) is 3.30. The Bertz CT molecular complexity index is 222. The Hall–Kier alpha value is -0.610. The van der Waals surface area contributed by atoms with Crippen LogP contribution in [0, 0.1) is 0 Å². The summed E-state index contributed by atoms with van der Waals surface area (Å²) in [6.07, 6.45) is 6.43. The van der Waals surface area contributed by atoms with Gasteiger partial charge in [-0.05, 0) is 51.7 Å². The summed E-state index contributed by atoms with van der Waals surface area (Å²) < 4.78 is 0. The second-order valence-electron chi connectivity index (χ2n) is 4.92. The van der Waals surface area contributed by atoms with E-state index in [4.69, 9.17) is 0 Å². The summed E-state index contributed by atoms with van der Waals surface area (Å²) in [4.78, 5) is 11.4. The van der Waals surface area contributed by atoms with E-state index in [0.29, 0.717) is 18.5 Å². The molecule has 92 valence electrons. The lowest BCUT2D eigenvalue weighted by Gasteiger charge is -2.23.